The predicted molar refractivity (Wildman–Crippen MR) is 91.7 cm³/mol. The standard InChI is InChI=1S/C18H17F4N3O3/c19-12-8-11(15-9-23-6-7-27-15)4-5-13(12)25-17(26)14-2-1-3-16(24-14)28-10-18(20,21)22/h1-5,8,15,23H,6-7,9-10H2,(H,25,26)/t15-/m0/s1. The second-order valence-corrected chi connectivity index (χ2v) is 6.02. The van der Waals surface area contributed by atoms with E-state index in [1.807, 2.05) is 0 Å². The number of ether oxygens (including phenoxy) is 2. The molecule has 28 heavy (non-hydrogen) atoms. The minimum absolute atomic E-state index is 0.0825. The molecule has 1 saturated heterocycles. The number of pyridine rings is 1. The Bertz CT molecular complexity index is 839. The van der Waals surface area contributed by atoms with Crippen molar-refractivity contribution in [3.8, 4) is 5.88 Å². The number of hydrogen-bond donors (Lipinski definition) is 2. The van der Waals surface area contributed by atoms with Crippen LogP contribution in [0, 0.1) is 5.82 Å². The van der Waals surface area contributed by atoms with Crippen molar-refractivity contribution in [1.82, 2.24) is 10.3 Å². The minimum atomic E-state index is -4.53. The van der Waals surface area contributed by atoms with Crippen molar-refractivity contribution in [3.63, 3.8) is 0 Å². The lowest BCUT2D eigenvalue weighted by Gasteiger charge is -2.24. The van der Waals surface area contributed by atoms with Crippen LogP contribution in [-0.2, 0) is 4.74 Å². The summed E-state index contributed by atoms with van der Waals surface area (Å²) in [6, 6.07) is 8.08. The molecule has 1 amide bonds. The number of anilines is 1. The summed E-state index contributed by atoms with van der Waals surface area (Å²) in [6.07, 6.45) is -4.81. The molecule has 2 heterocycles. The van der Waals surface area contributed by atoms with Gasteiger partial charge >= 0.3 is 6.18 Å². The van der Waals surface area contributed by atoms with Crippen LogP contribution >= 0.6 is 0 Å². The molecule has 0 bridgehead atoms. The van der Waals surface area contributed by atoms with Gasteiger partial charge in [0, 0.05) is 19.2 Å². The van der Waals surface area contributed by atoms with Gasteiger partial charge in [0.25, 0.3) is 5.91 Å². The van der Waals surface area contributed by atoms with Gasteiger partial charge in [0.05, 0.1) is 18.4 Å². The third-order valence-corrected chi connectivity index (χ3v) is 3.88. The summed E-state index contributed by atoms with van der Waals surface area (Å²) >= 11 is 0. The molecule has 1 aromatic carbocycles. The van der Waals surface area contributed by atoms with Gasteiger partial charge in [-0.3, -0.25) is 4.79 Å². The van der Waals surface area contributed by atoms with Crippen molar-refractivity contribution in [1.29, 1.82) is 0 Å². The number of alkyl halides is 3. The Balaban J connectivity index is 1.67. The molecular formula is C18H17F4N3O3. The first kappa shape index (κ1) is 20.0. The van der Waals surface area contributed by atoms with Gasteiger partial charge < -0.3 is 20.1 Å². The summed E-state index contributed by atoms with van der Waals surface area (Å²) in [4.78, 5) is 16.0. The Kier molecular flexibility index (Phi) is 6.10. The highest BCUT2D eigenvalue weighted by molar-refractivity contribution is 6.03. The first-order chi connectivity index (χ1) is 13.3. The second kappa shape index (κ2) is 8.53. The summed E-state index contributed by atoms with van der Waals surface area (Å²) in [5, 5.41) is 5.48. The molecule has 1 fully saturated rings. The maximum atomic E-state index is 14.4. The molecule has 2 aromatic rings. The number of amides is 1. The molecule has 6 nitrogen and oxygen atoms in total. The third kappa shape index (κ3) is 5.40. The van der Waals surface area contributed by atoms with Crippen molar-refractivity contribution in [3.05, 3.63) is 53.5 Å². The molecular weight excluding hydrogens is 382 g/mol. The number of halogens is 4. The molecule has 150 valence electrons. The molecule has 1 aliphatic heterocycles. The van der Waals surface area contributed by atoms with E-state index in [-0.39, 0.29) is 23.4 Å². The van der Waals surface area contributed by atoms with E-state index in [4.69, 9.17) is 4.74 Å². The molecule has 10 heteroatoms. The van der Waals surface area contributed by atoms with Gasteiger partial charge in [0.1, 0.15) is 11.5 Å². The number of benzene rings is 1. The Hall–Kier alpha value is -2.72. The van der Waals surface area contributed by atoms with Crippen LogP contribution < -0.4 is 15.4 Å². The molecule has 1 aliphatic rings. The number of carbonyl (C=O) groups is 1. The van der Waals surface area contributed by atoms with Crippen molar-refractivity contribution in [2.75, 3.05) is 31.6 Å². The van der Waals surface area contributed by atoms with Gasteiger partial charge in [-0.25, -0.2) is 9.37 Å². The van der Waals surface area contributed by atoms with E-state index in [0.29, 0.717) is 18.7 Å². The van der Waals surface area contributed by atoms with E-state index in [2.05, 4.69) is 20.4 Å². The van der Waals surface area contributed by atoms with Crippen molar-refractivity contribution in [2.45, 2.75) is 12.3 Å². The second-order valence-electron chi connectivity index (χ2n) is 6.02. The monoisotopic (exact) mass is 399 g/mol. The zero-order valence-electron chi connectivity index (χ0n) is 14.6. The normalized spacial score (nSPS) is 17.2. The van der Waals surface area contributed by atoms with Crippen molar-refractivity contribution < 1.29 is 31.8 Å². The molecule has 0 saturated carbocycles. The molecule has 0 spiro atoms. The highest BCUT2D eigenvalue weighted by atomic mass is 19.4. The molecule has 0 radical (unpaired) electrons. The summed E-state index contributed by atoms with van der Waals surface area (Å²) in [5.41, 5.74) is 0.340. The molecule has 0 aliphatic carbocycles. The van der Waals surface area contributed by atoms with Crippen LogP contribution in [0.2, 0.25) is 0 Å². The first-order valence-electron chi connectivity index (χ1n) is 8.41. The van der Waals surface area contributed by atoms with Gasteiger partial charge in [-0.05, 0) is 23.8 Å². The average Bonchev–Trinajstić information content (AvgIpc) is 2.68. The van der Waals surface area contributed by atoms with Gasteiger partial charge in [-0.1, -0.05) is 12.1 Å². The maximum Gasteiger partial charge on any atom is 0.422 e. The zero-order valence-corrected chi connectivity index (χ0v) is 14.6. The molecule has 0 unspecified atom stereocenters. The van der Waals surface area contributed by atoms with E-state index >= 15 is 0 Å². The predicted octanol–water partition coefficient (Wildman–Crippen LogP) is 3.08. The number of nitrogens with one attached hydrogen (secondary N) is 2. The lowest BCUT2D eigenvalue weighted by Crippen LogP contribution is -2.33. The van der Waals surface area contributed by atoms with Gasteiger partial charge in [0.2, 0.25) is 5.88 Å². The van der Waals surface area contributed by atoms with Gasteiger partial charge in [-0.15, -0.1) is 0 Å². The number of carbonyl (C=O) groups excluding carboxylic acids is 1. The summed E-state index contributed by atoms with van der Waals surface area (Å²) in [6.45, 7) is 0.272. The van der Waals surface area contributed by atoms with E-state index < -0.39 is 24.5 Å². The highest BCUT2D eigenvalue weighted by Crippen LogP contribution is 2.24. The smallest absolute Gasteiger partial charge is 0.422 e. The van der Waals surface area contributed by atoms with Gasteiger partial charge in [0.15, 0.2) is 6.61 Å². The van der Waals surface area contributed by atoms with Crippen LogP contribution in [0.15, 0.2) is 36.4 Å². The van der Waals surface area contributed by atoms with Crippen LogP contribution in [0.1, 0.15) is 22.2 Å². The van der Waals surface area contributed by atoms with Crippen LogP contribution in [0.25, 0.3) is 0 Å². The van der Waals surface area contributed by atoms with E-state index in [1.165, 1.54) is 30.3 Å². The van der Waals surface area contributed by atoms with Crippen molar-refractivity contribution >= 4 is 11.6 Å². The molecule has 1 aromatic heterocycles. The summed E-state index contributed by atoms with van der Waals surface area (Å²) in [5.74, 6) is -1.80. The largest absolute Gasteiger partial charge is 0.468 e. The number of rotatable bonds is 5. The fourth-order valence-electron chi connectivity index (χ4n) is 2.58. The minimum Gasteiger partial charge on any atom is -0.468 e. The first-order valence-corrected chi connectivity index (χ1v) is 8.41. The van der Waals surface area contributed by atoms with E-state index in [1.54, 1.807) is 6.07 Å². The Morgan fingerprint density at radius 2 is 2.14 bits per heavy atom. The van der Waals surface area contributed by atoms with Gasteiger partial charge in [-0.2, -0.15) is 13.2 Å². The number of morpholine rings is 1. The topological polar surface area (TPSA) is 72.5 Å². The Labute approximate surface area is 157 Å². The lowest BCUT2D eigenvalue weighted by molar-refractivity contribution is -0.154. The number of nitrogens with zero attached hydrogens (tertiary/aromatic N) is 1. The van der Waals surface area contributed by atoms with Crippen LogP contribution in [-0.4, -0.2) is 43.4 Å². The number of hydrogen-bond acceptors (Lipinski definition) is 5. The Morgan fingerprint density at radius 3 is 2.82 bits per heavy atom. The molecule has 1 atom stereocenters. The fraction of sp³-hybridized carbons (Fsp3) is 0.333. The Morgan fingerprint density at radius 1 is 1.32 bits per heavy atom. The lowest BCUT2D eigenvalue weighted by atomic mass is 10.1. The van der Waals surface area contributed by atoms with Crippen LogP contribution in [0.4, 0.5) is 23.2 Å². The van der Waals surface area contributed by atoms with E-state index in [0.717, 1.165) is 6.54 Å². The van der Waals surface area contributed by atoms with Crippen molar-refractivity contribution in [2.24, 2.45) is 0 Å². The third-order valence-electron chi connectivity index (χ3n) is 3.88. The van der Waals surface area contributed by atoms with E-state index in [9.17, 15) is 22.4 Å². The average molecular weight is 399 g/mol. The van der Waals surface area contributed by atoms with Crippen LogP contribution in [0.5, 0.6) is 5.88 Å². The SMILES string of the molecule is O=C(Nc1ccc([C@@H]2CNCCO2)cc1F)c1cccc(OCC(F)(F)F)n1. The highest BCUT2D eigenvalue weighted by Gasteiger charge is 2.28. The summed E-state index contributed by atoms with van der Waals surface area (Å²) in [7, 11) is 0. The molecule has 3 rings (SSSR count). The molecule has 2 N–H and O–H groups in total. The zero-order chi connectivity index (χ0) is 20.1. The summed E-state index contributed by atoms with van der Waals surface area (Å²) < 4.78 is 61.0. The number of aromatic nitrogens is 1. The maximum absolute atomic E-state index is 14.4. The fourth-order valence-corrected chi connectivity index (χ4v) is 2.58. The quantitative estimate of drug-likeness (QED) is 0.757. The van der Waals surface area contributed by atoms with Crippen LogP contribution in [0.3, 0.4) is 0 Å².